The number of hydrogen-bond acceptors (Lipinski definition) is 4. The van der Waals surface area contributed by atoms with Gasteiger partial charge in [0.15, 0.2) is 0 Å². The van der Waals surface area contributed by atoms with Gasteiger partial charge in [0, 0.05) is 24.3 Å². The Hall–Kier alpha value is -3.80. The van der Waals surface area contributed by atoms with E-state index in [9.17, 15) is 14.7 Å². The largest absolute Gasteiger partial charge is 0.493 e. The summed E-state index contributed by atoms with van der Waals surface area (Å²) in [4.78, 5) is 27.2. The average molecular weight is 473 g/mol. The number of nitrogens with zero attached hydrogens (tertiary/aromatic N) is 1. The minimum absolute atomic E-state index is 0.0913. The third-order valence-corrected chi connectivity index (χ3v) is 6.32. The van der Waals surface area contributed by atoms with Gasteiger partial charge in [-0.05, 0) is 55.5 Å². The Balaban J connectivity index is 1.61. The number of piperidine rings is 1. The van der Waals surface area contributed by atoms with Gasteiger partial charge in [-0.15, -0.1) is 0 Å². The van der Waals surface area contributed by atoms with Crippen molar-refractivity contribution in [2.75, 3.05) is 24.6 Å². The van der Waals surface area contributed by atoms with Crippen LogP contribution in [-0.2, 0) is 11.2 Å². The van der Waals surface area contributed by atoms with Crippen molar-refractivity contribution < 1.29 is 19.4 Å². The average Bonchev–Trinajstić information content (AvgIpc) is 2.88. The number of carboxylic acid groups (broad SMARTS) is 1. The number of ether oxygens (including phenoxy) is 1. The van der Waals surface area contributed by atoms with Gasteiger partial charge in [-0.2, -0.15) is 0 Å². The lowest BCUT2D eigenvalue weighted by molar-refractivity contribution is -0.120. The molecular weight excluding hydrogens is 440 g/mol. The summed E-state index contributed by atoms with van der Waals surface area (Å²) in [6.07, 6.45) is 3.72. The third kappa shape index (κ3) is 6.01. The van der Waals surface area contributed by atoms with E-state index in [4.69, 9.17) is 4.74 Å². The van der Waals surface area contributed by atoms with Crippen LogP contribution in [-0.4, -0.2) is 36.7 Å². The first-order chi connectivity index (χ1) is 17.1. The summed E-state index contributed by atoms with van der Waals surface area (Å²) in [6, 6.07) is 22.8. The van der Waals surface area contributed by atoms with Gasteiger partial charge < -0.3 is 20.1 Å². The highest BCUT2D eigenvalue weighted by molar-refractivity contribution is 5.91. The zero-order valence-corrected chi connectivity index (χ0v) is 20.1. The number of hydrogen-bond donors (Lipinski definition) is 2. The van der Waals surface area contributed by atoms with Gasteiger partial charge in [-0.3, -0.25) is 4.79 Å². The Morgan fingerprint density at radius 3 is 2.40 bits per heavy atom. The minimum Gasteiger partial charge on any atom is -0.493 e. The fraction of sp³-hybridized carbons (Fsp3) is 0.310. The predicted octanol–water partition coefficient (Wildman–Crippen LogP) is 5.22. The van der Waals surface area contributed by atoms with Crippen LogP contribution in [0.4, 0.5) is 5.69 Å². The maximum atomic E-state index is 13.3. The second-order valence-electron chi connectivity index (χ2n) is 8.76. The van der Waals surface area contributed by atoms with E-state index in [-0.39, 0.29) is 29.7 Å². The molecule has 1 aliphatic rings. The maximum absolute atomic E-state index is 13.3. The number of benzene rings is 3. The number of carbonyl (C=O) groups excluding carboxylic acids is 1. The predicted molar refractivity (Wildman–Crippen MR) is 137 cm³/mol. The zero-order valence-electron chi connectivity index (χ0n) is 20.1. The fourth-order valence-corrected chi connectivity index (χ4v) is 4.67. The van der Waals surface area contributed by atoms with Crippen LogP contribution in [0.15, 0.2) is 72.8 Å². The molecule has 0 radical (unpaired) electrons. The van der Waals surface area contributed by atoms with Crippen molar-refractivity contribution in [3.63, 3.8) is 0 Å². The van der Waals surface area contributed by atoms with E-state index in [0.29, 0.717) is 12.2 Å². The smallest absolute Gasteiger partial charge is 0.339 e. The first-order valence-electron chi connectivity index (χ1n) is 12.2. The molecule has 4 rings (SSSR count). The number of carboxylic acids is 1. The molecule has 0 saturated carbocycles. The molecule has 0 aliphatic carbocycles. The Bertz CT molecular complexity index is 1160. The lowest BCUT2D eigenvalue weighted by Gasteiger charge is -2.33. The van der Waals surface area contributed by atoms with Crippen LogP contribution in [0.1, 0.15) is 59.3 Å². The topological polar surface area (TPSA) is 78.9 Å². The van der Waals surface area contributed by atoms with Crippen LogP contribution in [0.3, 0.4) is 0 Å². The van der Waals surface area contributed by atoms with Gasteiger partial charge in [0.1, 0.15) is 11.3 Å². The Morgan fingerprint density at radius 2 is 1.69 bits per heavy atom. The molecule has 1 heterocycles. The summed E-state index contributed by atoms with van der Waals surface area (Å²) in [5.41, 5.74) is 4.04. The molecule has 35 heavy (non-hydrogen) atoms. The van der Waals surface area contributed by atoms with Crippen LogP contribution in [0.5, 0.6) is 5.75 Å². The number of aromatic carboxylic acids is 1. The van der Waals surface area contributed by atoms with Gasteiger partial charge in [0.2, 0.25) is 5.91 Å². The van der Waals surface area contributed by atoms with E-state index < -0.39 is 5.97 Å². The lowest BCUT2D eigenvalue weighted by Crippen LogP contribution is -2.34. The lowest BCUT2D eigenvalue weighted by atomic mass is 9.95. The van der Waals surface area contributed by atoms with Gasteiger partial charge in [0.25, 0.3) is 0 Å². The molecule has 1 aliphatic heterocycles. The Labute approximate surface area is 206 Å². The van der Waals surface area contributed by atoms with Crippen molar-refractivity contribution in [2.45, 2.75) is 38.6 Å². The van der Waals surface area contributed by atoms with Gasteiger partial charge in [-0.1, -0.05) is 54.6 Å². The van der Waals surface area contributed by atoms with Crippen molar-refractivity contribution >= 4 is 17.6 Å². The quantitative estimate of drug-likeness (QED) is 0.446. The highest BCUT2D eigenvalue weighted by Crippen LogP contribution is 2.32. The minimum atomic E-state index is -1.05. The number of amides is 1. The molecule has 182 valence electrons. The molecule has 1 atom stereocenters. The van der Waals surface area contributed by atoms with E-state index in [0.717, 1.165) is 29.9 Å². The second kappa shape index (κ2) is 11.6. The van der Waals surface area contributed by atoms with Crippen LogP contribution in [0, 0.1) is 0 Å². The van der Waals surface area contributed by atoms with E-state index in [1.165, 1.54) is 25.3 Å². The summed E-state index contributed by atoms with van der Waals surface area (Å²) in [5.74, 6) is -0.916. The standard InChI is InChI=1S/C29H32N2O4/c1-2-35-26-19-21(15-16-24(26)29(33)34)20-27(32)30-28(22-11-5-3-6-12-22)23-13-7-8-14-25(23)31-17-9-4-10-18-31/h3,5-8,11-16,19,28H,2,4,9-10,17-18,20H2,1H3,(H,30,32)(H,33,34). The summed E-state index contributed by atoms with van der Waals surface area (Å²) < 4.78 is 5.51. The van der Waals surface area contributed by atoms with E-state index >= 15 is 0 Å². The first kappa shape index (κ1) is 24.3. The van der Waals surface area contributed by atoms with Crippen molar-refractivity contribution in [3.05, 3.63) is 95.1 Å². The summed E-state index contributed by atoms with van der Waals surface area (Å²) in [6.45, 7) is 4.18. The number of anilines is 1. The molecule has 6 nitrogen and oxygen atoms in total. The van der Waals surface area contributed by atoms with Crippen molar-refractivity contribution in [3.8, 4) is 5.75 Å². The third-order valence-electron chi connectivity index (χ3n) is 6.32. The molecule has 6 heteroatoms. The maximum Gasteiger partial charge on any atom is 0.339 e. The fourth-order valence-electron chi connectivity index (χ4n) is 4.67. The van der Waals surface area contributed by atoms with Gasteiger partial charge in [-0.25, -0.2) is 4.79 Å². The van der Waals surface area contributed by atoms with Crippen molar-refractivity contribution in [1.29, 1.82) is 0 Å². The molecular formula is C29H32N2O4. The van der Waals surface area contributed by atoms with Crippen LogP contribution < -0.4 is 15.0 Å². The van der Waals surface area contributed by atoms with E-state index in [1.54, 1.807) is 19.1 Å². The Morgan fingerprint density at radius 1 is 0.971 bits per heavy atom. The summed E-state index contributed by atoms with van der Waals surface area (Å²) in [5, 5.41) is 12.6. The molecule has 2 N–H and O–H groups in total. The molecule has 3 aromatic rings. The molecule has 0 aromatic heterocycles. The highest BCUT2D eigenvalue weighted by atomic mass is 16.5. The van der Waals surface area contributed by atoms with E-state index in [2.05, 4.69) is 28.4 Å². The zero-order chi connectivity index (χ0) is 24.6. The van der Waals surface area contributed by atoms with Crippen LogP contribution in [0.2, 0.25) is 0 Å². The molecule has 1 unspecified atom stereocenters. The van der Waals surface area contributed by atoms with Crippen molar-refractivity contribution in [1.82, 2.24) is 5.32 Å². The normalized spacial score (nSPS) is 14.3. The summed E-state index contributed by atoms with van der Waals surface area (Å²) in [7, 11) is 0. The van der Waals surface area contributed by atoms with Crippen molar-refractivity contribution in [2.24, 2.45) is 0 Å². The number of carbonyl (C=O) groups is 2. The van der Waals surface area contributed by atoms with Crippen LogP contribution >= 0.6 is 0 Å². The Kier molecular flexibility index (Phi) is 8.03. The van der Waals surface area contributed by atoms with E-state index in [1.807, 2.05) is 36.4 Å². The number of para-hydroxylation sites is 1. The van der Waals surface area contributed by atoms with Gasteiger partial charge >= 0.3 is 5.97 Å². The molecule has 1 amide bonds. The highest BCUT2D eigenvalue weighted by Gasteiger charge is 2.23. The number of nitrogens with one attached hydrogen (secondary N) is 1. The molecule has 1 saturated heterocycles. The molecule has 1 fully saturated rings. The first-order valence-corrected chi connectivity index (χ1v) is 12.2. The van der Waals surface area contributed by atoms with Gasteiger partial charge in [0.05, 0.1) is 19.1 Å². The van der Waals surface area contributed by atoms with Crippen LogP contribution in [0.25, 0.3) is 0 Å². The second-order valence-corrected chi connectivity index (χ2v) is 8.76. The molecule has 3 aromatic carbocycles. The number of rotatable bonds is 9. The summed E-state index contributed by atoms with van der Waals surface area (Å²) >= 11 is 0. The molecule has 0 bridgehead atoms. The SMILES string of the molecule is CCOc1cc(CC(=O)NC(c2ccccc2)c2ccccc2N2CCCCC2)ccc1C(=O)O. The monoisotopic (exact) mass is 472 g/mol. The molecule has 0 spiro atoms.